The molecule has 0 spiro atoms. The fourth-order valence-corrected chi connectivity index (χ4v) is 1.21. The quantitative estimate of drug-likeness (QED) is 0.721. The van der Waals surface area contributed by atoms with E-state index in [1.807, 2.05) is 0 Å². The van der Waals surface area contributed by atoms with E-state index < -0.39 is 18.3 Å². The molecule has 1 rings (SSSR count). The minimum atomic E-state index is -4.48. The fourth-order valence-electron chi connectivity index (χ4n) is 0.969. The molecule has 0 radical (unpaired) electrons. The average molecular weight is 226 g/mol. The number of anilines is 1. The van der Waals surface area contributed by atoms with E-state index in [0.717, 1.165) is 12.1 Å². The van der Waals surface area contributed by atoms with Crippen LogP contribution in [0.4, 0.5) is 18.9 Å². The van der Waals surface area contributed by atoms with E-state index in [1.165, 1.54) is 0 Å². The van der Waals surface area contributed by atoms with Gasteiger partial charge in [0.25, 0.3) is 0 Å². The Labute approximate surface area is 83.1 Å². The second-order valence-corrected chi connectivity index (χ2v) is 3.09. The molecule has 0 fully saturated rings. The number of nitrogen functional groups attached to an aromatic ring is 1. The van der Waals surface area contributed by atoms with Crippen LogP contribution in [0.25, 0.3) is 0 Å². The summed E-state index contributed by atoms with van der Waals surface area (Å²) in [4.78, 5) is 0. The smallest absolute Gasteiger partial charge is 0.397 e. The van der Waals surface area contributed by atoms with Crippen molar-refractivity contribution in [3.8, 4) is 0 Å². The number of hydrogen-bond donors (Lipinski definition) is 2. The van der Waals surface area contributed by atoms with Gasteiger partial charge in [-0.15, -0.1) is 0 Å². The van der Waals surface area contributed by atoms with Gasteiger partial charge < -0.3 is 10.8 Å². The summed E-state index contributed by atoms with van der Waals surface area (Å²) >= 11 is 5.47. The Morgan fingerprint density at radius 1 is 1.36 bits per heavy atom. The summed E-state index contributed by atoms with van der Waals surface area (Å²) in [5.41, 5.74) is 4.38. The maximum atomic E-state index is 12.2. The van der Waals surface area contributed by atoms with Crippen LogP contribution in [0.3, 0.4) is 0 Å². The third kappa shape index (κ3) is 2.10. The zero-order chi connectivity index (χ0) is 10.9. The van der Waals surface area contributed by atoms with Crippen molar-refractivity contribution in [3.05, 3.63) is 28.3 Å². The first-order valence-electron chi connectivity index (χ1n) is 3.62. The van der Waals surface area contributed by atoms with Crippen molar-refractivity contribution >= 4 is 17.3 Å². The van der Waals surface area contributed by atoms with Crippen LogP contribution in [0.1, 0.15) is 11.1 Å². The number of nitrogens with two attached hydrogens (primary N) is 1. The highest BCUT2D eigenvalue weighted by molar-refractivity contribution is 6.33. The molecule has 0 amide bonds. The Morgan fingerprint density at radius 3 is 2.36 bits per heavy atom. The molecule has 0 unspecified atom stereocenters. The van der Waals surface area contributed by atoms with Crippen molar-refractivity contribution < 1.29 is 18.3 Å². The third-order valence-electron chi connectivity index (χ3n) is 1.71. The zero-order valence-electron chi connectivity index (χ0n) is 6.90. The van der Waals surface area contributed by atoms with E-state index in [-0.39, 0.29) is 16.3 Å². The molecule has 0 heterocycles. The van der Waals surface area contributed by atoms with E-state index in [9.17, 15) is 13.2 Å². The molecule has 78 valence electrons. The first-order valence-corrected chi connectivity index (χ1v) is 4.00. The number of halogens is 4. The second kappa shape index (κ2) is 3.67. The van der Waals surface area contributed by atoms with Crippen molar-refractivity contribution in [1.29, 1.82) is 0 Å². The molecule has 0 aliphatic heterocycles. The van der Waals surface area contributed by atoms with Gasteiger partial charge in [0, 0.05) is 5.56 Å². The summed E-state index contributed by atoms with van der Waals surface area (Å²) in [7, 11) is 0. The van der Waals surface area contributed by atoms with E-state index in [4.69, 9.17) is 22.4 Å². The lowest BCUT2D eigenvalue weighted by Crippen LogP contribution is -2.07. The average Bonchev–Trinajstić information content (AvgIpc) is 2.07. The van der Waals surface area contributed by atoms with Crippen molar-refractivity contribution in [2.24, 2.45) is 0 Å². The highest BCUT2D eigenvalue weighted by atomic mass is 35.5. The van der Waals surface area contributed by atoms with Gasteiger partial charge in [-0.25, -0.2) is 0 Å². The normalized spacial score (nSPS) is 11.8. The van der Waals surface area contributed by atoms with Crippen LogP contribution in [-0.2, 0) is 12.8 Å². The van der Waals surface area contributed by atoms with Crippen molar-refractivity contribution in [2.75, 3.05) is 5.73 Å². The van der Waals surface area contributed by atoms with Crippen LogP contribution in [0, 0.1) is 0 Å². The first kappa shape index (κ1) is 11.1. The molecule has 6 heteroatoms. The van der Waals surface area contributed by atoms with Gasteiger partial charge in [0.15, 0.2) is 0 Å². The number of rotatable bonds is 1. The van der Waals surface area contributed by atoms with E-state index in [2.05, 4.69) is 0 Å². The van der Waals surface area contributed by atoms with Gasteiger partial charge >= 0.3 is 6.18 Å². The Kier molecular flexibility index (Phi) is 2.92. The van der Waals surface area contributed by atoms with Gasteiger partial charge in [0.05, 0.1) is 22.9 Å². The Balaban J connectivity index is 3.30. The van der Waals surface area contributed by atoms with Crippen LogP contribution in [0.2, 0.25) is 5.02 Å². The molecule has 0 aliphatic carbocycles. The van der Waals surface area contributed by atoms with Crippen LogP contribution in [0.5, 0.6) is 0 Å². The van der Waals surface area contributed by atoms with Crippen molar-refractivity contribution in [2.45, 2.75) is 12.8 Å². The topological polar surface area (TPSA) is 46.2 Å². The number of aliphatic hydroxyl groups is 1. The summed E-state index contributed by atoms with van der Waals surface area (Å²) in [6, 6.07) is 1.51. The molecular weight excluding hydrogens is 219 g/mol. The molecule has 0 saturated carbocycles. The predicted octanol–water partition coefficient (Wildman–Crippen LogP) is 2.43. The summed E-state index contributed by atoms with van der Waals surface area (Å²) < 4.78 is 36.7. The third-order valence-corrected chi connectivity index (χ3v) is 2.03. The first-order chi connectivity index (χ1) is 6.36. The number of alkyl halides is 3. The van der Waals surface area contributed by atoms with Gasteiger partial charge in [-0.3, -0.25) is 0 Å². The van der Waals surface area contributed by atoms with E-state index in [0.29, 0.717) is 0 Å². The molecule has 1 aromatic rings. The Hall–Kier alpha value is -0.940. The van der Waals surface area contributed by atoms with Gasteiger partial charge in [-0.2, -0.15) is 13.2 Å². The van der Waals surface area contributed by atoms with Gasteiger partial charge in [0.2, 0.25) is 0 Å². The molecule has 2 nitrogen and oxygen atoms in total. The van der Waals surface area contributed by atoms with Crippen LogP contribution < -0.4 is 5.73 Å². The van der Waals surface area contributed by atoms with Gasteiger partial charge in [-0.1, -0.05) is 11.6 Å². The van der Waals surface area contributed by atoms with E-state index >= 15 is 0 Å². The fraction of sp³-hybridized carbons (Fsp3) is 0.250. The lowest BCUT2D eigenvalue weighted by molar-refractivity contribution is -0.137. The molecule has 3 N–H and O–H groups in total. The summed E-state index contributed by atoms with van der Waals surface area (Å²) in [5.74, 6) is 0. The summed E-state index contributed by atoms with van der Waals surface area (Å²) in [6.07, 6.45) is -4.48. The second-order valence-electron chi connectivity index (χ2n) is 2.69. The minimum Gasteiger partial charge on any atom is -0.397 e. The molecular formula is C8H7ClF3NO. The maximum Gasteiger partial charge on any atom is 0.416 e. The number of benzene rings is 1. The predicted molar refractivity (Wildman–Crippen MR) is 46.8 cm³/mol. The minimum absolute atomic E-state index is 0.0233. The van der Waals surface area contributed by atoms with Crippen molar-refractivity contribution in [1.82, 2.24) is 0 Å². The highest BCUT2D eigenvalue weighted by Crippen LogP contribution is 2.34. The SMILES string of the molecule is Nc1c(Cl)cc(C(F)(F)F)cc1CO. The van der Waals surface area contributed by atoms with Crippen molar-refractivity contribution in [3.63, 3.8) is 0 Å². The molecule has 0 saturated heterocycles. The summed E-state index contributed by atoms with van der Waals surface area (Å²) in [5, 5.41) is 8.52. The Bertz CT molecular complexity index is 351. The lowest BCUT2D eigenvalue weighted by Gasteiger charge is -2.11. The molecule has 0 atom stereocenters. The zero-order valence-corrected chi connectivity index (χ0v) is 7.65. The summed E-state index contributed by atoms with van der Waals surface area (Å²) in [6.45, 7) is -0.574. The maximum absolute atomic E-state index is 12.2. The van der Waals surface area contributed by atoms with Gasteiger partial charge in [0.1, 0.15) is 0 Å². The van der Waals surface area contributed by atoms with E-state index in [1.54, 1.807) is 0 Å². The van der Waals surface area contributed by atoms with Gasteiger partial charge in [-0.05, 0) is 12.1 Å². The molecule has 14 heavy (non-hydrogen) atoms. The highest BCUT2D eigenvalue weighted by Gasteiger charge is 2.31. The monoisotopic (exact) mass is 225 g/mol. The largest absolute Gasteiger partial charge is 0.416 e. The number of aliphatic hydroxyl groups excluding tert-OH is 1. The molecule has 0 aromatic heterocycles. The van der Waals surface area contributed by atoms with Crippen LogP contribution in [-0.4, -0.2) is 5.11 Å². The Morgan fingerprint density at radius 2 is 1.93 bits per heavy atom. The molecule has 0 aliphatic rings. The van der Waals surface area contributed by atoms with Crippen LogP contribution >= 0.6 is 11.6 Å². The standard InChI is InChI=1S/C8H7ClF3NO/c9-6-2-5(8(10,11)12)1-4(3-14)7(6)13/h1-2,14H,3,13H2. The molecule has 0 bridgehead atoms. The number of hydrogen-bond acceptors (Lipinski definition) is 2. The molecule has 1 aromatic carbocycles. The van der Waals surface area contributed by atoms with Crippen LogP contribution in [0.15, 0.2) is 12.1 Å². The lowest BCUT2D eigenvalue weighted by atomic mass is 10.1.